The number of aromatic carboxylic acids is 1. The molecule has 1 aromatic rings. The molecule has 0 aliphatic heterocycles. The van der Waals surface area contributed by atoms with Crippen molar-refractivity contribution in [1.82, 2.24) is 5.32 Å². The lowest BCUT2D eigenvalue weighted by atomic mass is 10.2. The summed E-state index contributed by atoms with van der Waals surface area (Å²) in [5.74, 6) is 0.0905. The van der Waals surface area contributed by atoms with Gasteiger partial charge in [0.2, 0.25) is 0 Å². The van der Waals surface area contributed by atoms with Gasteiger partial charge >= 0.3 is 5.97 Å². The van der Waals surface area contributed by atoms with Crippen LogP contribution in [0, 0.1) is 6.92 Å². The van der Waals surface area contributed by atoms with Crippen molar-refractivity contribution in [2.75, 3.05) is 19.8 Å². The van der Waals surface area contributed by atoms with E-state index in [9.17, 15) is 4.79 Å². The quantitative estimate of drug-likeness (QED) is 0.520. The predicted molar refractivity (Wildman–Crippen MR) is 67.7 cm³/mol. The molecule has 0 aromatic carbocycles. The Hall–Kier alpha value is -1.59. The first kappa shape index (κ1) is 14.5. The van der Waals surface area contributed by atoms with Crippen LogP contribution in [0.4, 0.5) is 0 Å². The Labute approximate surface area is 106 Å². The Morgan fingerprint density at radius 2 is 2.39 bits per heavy atom. The van der Waals surface area contributed by atoms with Crippen LogP contribution < -0.4 is 5.32 Å². The van der Waals surface area contributed by atoms with Gasteiger partial charge in [-0.3, -0.25) is 0 Å². The van der Waals surface area contributed by atoms with Gasteiger partial charge in [-0.15, -0.1) is 6.58 Å². The smallest absolute Gasteiger partial charge is 0.339 e. The molecule has 0 atom stereocenters. The molecule has 0 fully saturated rings. The molecule has 0 bridgehead atoms. The van der Waals surface area contributed by atoms with Gasteiger partial charge in [-0.05, 0) is 19.4 Å². The highest BCUT2D eigenvalue weighted by Crippen LogP contribution is 2.14. The van der Waals surface area contributed by atoms with E-state index in [4.69, 9.17) is 14.3 Å². The number of carboxylic acids is 1. The van der Waals surface area contributed by atoms with Crippen molar-refractivity contribution in [2.24, 2.45) is 0 Å². The molecule has 18 heavy (non-hydrogen) atoms. The number of aryl methyl sites for hydroxylation is 1. The standard InChI is InChI=1S/C13H19NO4/c1-3-4-6-17-7-5-14-9-11-8-12(13(15)16)10(2)18-11/h3,8,14H,1,4-7,9H2,2H3,(H,15,16). The normalized spacial score (nSPS) is 10.5. The fourth-order valence-corrected chi connectivity index (χ4v) is 1.47. The van der Waals surface area contributed by atoms with Crippen molar-refractivity contribution in [3.05, 3.63) is 35.8 Å². The van der Waals surface area contributed by atoms with Gasteiger partial charge in [0, 0.05) is 6.54 Å². The van der Waals surface area contributed by atoms with Crippen LogP contribution in [-0.4, -0.2) is 30.8 Å². The second kappa shape index (κ2) is 7.68. The van der Waals surface area contributed by atoms with Gasteiger partial charge in [0.1, 0.15) is 17.1 Å². The molecule has 0 aliphatic rings. The summed E-state index contributed by atoms with van der Waals surface area (Å²) in [5, 5.41) is 12.0. The molecular formula is C13H19NO4. The number of carboxylic acid groups (broad SMARTS) is 1. The van der Waals surface area contributed by atoms with E-state index in [2.05, 4.69) is 11.9 Å². The van der Waals surface area contributed by atoms with Crippen molar-refractivity contribution >= 4 is 5.97 Å². The van der Waals surface area contributed by atoms with Crippen LogP contribution in [0.15, 0.2) is 23.1 Å². The molecule has 1 heterocycles. The second-order valence-corrected chi connectivity index (χ2v) is 3.85. The van der Waals surface area contributed by atoms with Gasteiger partial charge in [-0.25, -0.2) is 4.79 Å². The molecule has 0 saturated carbocycles. The third kappa shape index (κ3) is 4.73. The van der Waals surface area contributed by atoms with Crippen molar-refractivity contribution in [2.45, 2.75) is 19.9 Å². The average molecular weight is 253 g/mol. The minimum absolute atomic E-state index is 0.217. The van der Waals surface area contributed by atoms with E-state index in [1.807, 2.05) is 6.08 Å². The minimum atomic E-state index is -0.963. The van der Waals surface area contributed by atoms with Crippen LogP contribution >= 0.6 is 0 Å². The Balaban J connectivity index is 2.21. The number of carbonyl (C=O) groups is 1. The lowest BCUT2D eigenvalue weighted by Gasteiger charge is -2.03. The zero-order chi connectivity index (χ0) is 13.4. The van der Waals surface area contributed by atoms with Gasteiger partial charge < -0.3 is 19.6 Å². The SMILES string of the molecule is C=CCCOCCNCc1cc(C(=O)O)c(C)o1. The van der Waals surface area contributed by atoms with E-state index in [1.54, 1.807) is 13.0 Å². The summed E-state index contributed by atoms with van der Waals surface area (Å²) in [4.78, 5) is 10.8. The van der Waals surface area contributed by atoms with Gasteiger partial charge in [0.05, 0.1) is 19.8 Å². The van der Waals surface area contributed by atoms with E-state index in [0.29, 0.717) is 37.8 Å². The average Bonchev–Trinajstić information content (AvgIpc) is 2.69. The summed E-state index contributed by atoms with van der Waals surface area (Å²) in [7, 11) is 0. The molecule has 5 nitrogen and oxygen atoms in total. The predicted octanol–water partition coefficient (Wildman–Crippen LogP) is 1.97. The summed E-state index contributed by atoms with van der Waals surface area (Å²) in [6.07, 6.45) is 2.66. The number of rotatable bonds is 9. The van der Waals surface area contributed by atoms with Gasteiger partial charge in [0.15, 0.2) is 0 Å². The molecule has 2 N–H and O–H groups in total. The van der Waals surface area contributed by atoms with Crippen molar-refractivity contribution in [1.29, 1.82) is 0 Å². The van der Waals surface area contributed by atoms with Crippen molar-refractivity contribution in [3.8, 4) is 0 Å². The zero-order valence-corrected chi connectivity index (χ0v) is 10.6. The lowest BCUT2D eigenvalue weighted by Crippen LogP contribution is -2.19. The summed E-state index contributed by atoms with van der Waals surface area (Å²) in [6, 6.07) is 1.54. The fraction of sp³-hybridized carbons (Fsp3) is 0.462. The van der Waals surface area contributed by atoms with Gasteiger partial charge in [-0.1, -0.05) is 6.08 Å². The second-order valence-electron chi connectivity index (χ2n) is 3.85. The topological polar surface area (TPSA) is 71.7 Å². The number of ether oxygens (including phenoxy) is 1. The third-order valence-corrected chi connectivity index (χ3v) is 2.39. The van der Waals surface area contributed by atoms with E-state index in [0.717, 1.165) is 6.42 Å². The largest absolute Gasteiger partial charge is 0.478 e. The molecule has 0 spiro atoms. The maximum Gasteiger partial charge on any atom is 0.339 e. The highest BCUT2D eigenvalue weighted by atomic mass is 16.5. The highest BCUT2D eigenvalue weighted by molar-refractivity contribution is 5.88. The number of hydrogen-bond donors (Lipinski definition) is 2. The first-order valence-corrected chi connectivity index (χ1v) is 5.87. The summed E-state index contributed by atoms with van der Waals surface area (Å²) in [5.41, 5.74) is 0.217. The highest BCUT2D eigenvalue weighted by Gasteiger charge is 2.12. The Bertz CT molecular complexity index is 398. The molecule has 0 radical (unpaired) electrons. The molecule has 0 unspecified atom stereocenters. The molecule has 0 aliphatic carbocycles. The fourth-order valence-electron chi connectivity index (χ4n) is 1.47. The van der Waals surface area contributed by atoms with Crippen LogP contribution in [0.1, 0.15) is 28.3 Å². The summed E-state index contributed by atoms with van der Waals surface area (Å²) >= 11 is 0. The molecule has 1 aromatic heterocycles. The summed E-state index contributed by atoms with van der Waals surface area (Å²) in [6.45, 7) is 7.73. The minimum Gasteiger partial charge on any atom is -0.478 e. The molecule has 5 heteroatoms. The van der Waals surface area contributed by atoms with Gasteiger partial charge in [-0.2, -0.15) is 0 Å². The van der Waals surface area contributed by atoms with Crippen LogP contribution in [0.2, 0.25) is 0 Å². The number of nitrogens with one attached hydrogen (secondary N) is 1. The van der Waals surface area contributed by atoms with Crippen LogP contribution in [0.25, 0.3) is 0 Å². The van der Waals surface area contributed by atoms with Crippen LogP contribution in [-0.2, 0) is 11.3 Å². The molecular weight excluding hydrogens is 234 g/mol. The van der Waals surface area contributed by atoms with E-state index in [1.165, 1.54) is 0 Å². The van der Waals surface area contributed by atoms with Crippen LogP contribution in [0.5, 0.6) is 0 Å². The Kier molecular flexibility index (Phi) is 6.18. The monoisotopic (exact) mass is 253 g/mol. The van der Waals surface area contributed by atoms with Crippen molar-refractivity contribution < 1.29 is 19.1 Å². The van der Waals surface area contributed by atoms with Crippen LogP contribution in [0.3, 0.4) is 0 Å². The number of furan rings is 1. The molecule has 1 rings (SSSR count). The van der Waals surface area contributed by atoms with E-state index in [-0.39, 0.29) is 5.56 Å². The Morgan fingerprint density at radius 1 is 1.61 bits per heavy atom. The van der Waals surface area contributed by atoms with E-state index < -0.39 is 5.97 Å². The molecule has 0 amide bonds. The zero-order valence-electron chi connectivity index (χ0n) is 10.6. The molecule has 0 saturated heterocycles. The Morgan fingerprint density at radius 3 is 3.00 bits per heavy atom. The third-order valence-electron chi connectivity index (χ3n) is 2.39. The first-order chi connectivity index (χ1) is 8.65. The van der Waals surface area contributed by atoms with E-state index >= 15 is 0 Å². The molecule has 100 valence electrons. The first-order valence-electron chi connectivity index (χ1n) is 5.87. The van der Waals surface area contributed by atoms with Gasteiger partial charge in [0.25, 0.3) is 0 Å². The maximum atomic E-state index is 10.8. The summed E-state index contributed by atoms with van der Waals surface area (Å²) < 4.78 is 10.6. The van der Waals surface area contributed by atoms with Crippen molar-refractivity contribution in [3.63, 3.8) is 0 Å². The number of hydrogen-bond acceptors (Lipinski definition) is 4. The maximum absolute atomic E-state index is 10.8. The lowest BCUT2D eigenvalue weighted by molar-refractivity contribution is 0.0695.